The van der Waals surface area contributed by atoms with E-state index in [0.29, 0.717) is 11.2 Å². The van der Waals surface area contributed by atoms with Gasteiger partial charge in [-0.3, -0.25) is 0 Å². The third-order valence-electron chi connectivity index (χ3n) is 10.2. The van der Waals surface area contributed by atoms with Gasteiger partial charge in [0.2, 0.25) is 0 Å². The molecule has 0 N–H and O–H groups in total. The molecule has 0 saturated heterocycles. The average molecular weight is 680 g/mol. The van der Waals surface area contributed by atoms with Crippen molar-refractivity contribution in [3.8, 4) is 56.3 Å². The molecule has 0 aliphatic carbocycles. The molecule has 0 amide bonds. The van der Waals surface area contributed by atoms with Crippen LogP contribution in [-0.4, -0.2) is 15.0 Å². The lowest BCUT2D eigenvalue weighted by atomic mass is 9.89. The van der Waals surface area contributed by atoms with Gasteiger partial charge in [0.1, 0.15) is 5.82 Å². The Bertz CT molecular complexity index is 2940. The molecule has 0 atom stereocenters. The van der Waals surface area contributed by atoms with Gasteiger partial charge in [-0.2, -0.15) is 0 Å². The quantitative estimate of drug-likeness (QED) is 0.170. The Balaban J connectivity index is 1.18. The summed E-state index contributed by atoms with van der Waals surface area (Å²) in [6, 6.07) is 61.3. The molecule has 0 bridgehead atoms. The van der Waals surface area contributed by atoms with E-state index in [1.54, 1.807) is 6.07 Å². The lowest BCUT2D eigenvalue weighted by Crippen LogP contribution is -1.96. The average Bonchev–Trinajstić information content (AvgIpc) is 3.24. The molecule has 0 aliphatic rings. The molecule has 248 valence electrons. The Morgan fingerprint density at radius 3 is 1.53 bits per heavy atom. The van der Waals surface area contributed by atoms with Gasteiger partial charge in [-0.25, -0.2) is 19.3 Å². The van der Waals surface area contributed by atoms with E-state index >= 15 is 4.39 Å². The first-order valence-electron chi connectivity index (χ1n) is 17.7. The highest BCUT2D eigenvalue weighted by Crippen LogP contribution is 2.43. The second-order valence-electron chi connectivity index (χ2n) is 13.3. The summed E-state index contributed by atoms with van der Waals surface area (Å²) in [7, 11) is 0. The number of halogens is 1. The summed E-state index contributed by atoms with van der Waals surface area (Å²) in [4.78, 5) is 15.4. The second kappa shape index (κ2) is 12.6. The number of hydrogen-bond donors (Lipinski definition) is 0. The number of fused-ring (bicyclic) bond motifs is 6. The molecule has 53 heavy (non-hydrogen) atoms. The number of pyridine rings is 1. The molecule has 0 aliphatic heterocycles. The highest BCUT2D eigenvalue weighted by atomic mass is 19.1. The fourth-order valence-electron chi connectivity index (χ4n) is 7.62. The summed E-state index contributed by atoms with van der Waals surface area (Å²) in [5, 5.41) is 6.94. The minimum absolute atomic E-state index is 0.241. The van der Waals surface area contributed by atoms with Crippen LogP contribution in [0.25, 0.3) is 99.5 Å². The van der Waals surface area contributed by atoms with Crippen LogP contribution in [0.1, 0.15) is 0 Å². The molecule has 0 unspecified atom stereocenters. The summed E-state index contributed by atoms with van der Waals surface area (Å²) >= 11 is 0. The number of para-hydroxylation sites is 1. The smallest absolute Gasteiger partial charge is 0.160 e. The highest BCUT2D eigenvalue weighted by molar-refractivity contribution is 6.26. The third-order valence-corrected chi connectivity index (χ3v) is 10.2. The number of hydrogen-bond acceptors (Lipinski definition) is 3. The van der Waals surface area contributed by atoms with E-state index in [9.17, 15) is 0 Å². The number of benzene rings is 8. The lowest BCUT2D eigenvalue weighted by molar-refractivity contribution is 0.640. The zero-order valence-electron chi connectivity index (χ0n) is 28.5. The Labute approximate surface area is 305 Å². The summed E-state index contributed by atoms with van der Waals surface area (Å²) in [5.74, 6) is 0.427. The number of rotatable bonds is 5. The van der Waals surface area contributed by atoms with E-state index in [-0.39, 0.29) is 5.82 Å². The fourth-order valence-corrected chi connectivity index (χ4v) is 7.62. The fraction of sp³-hybridized carbons (Fsp3) is 0. The van der Waals surface area contributed by atoms with E-state index in [2.05, 4.69) is 103 Å². The number of aromatic nitrogens is 3. The predicted octanol–water partition coefficient (Wildman–Crippen LogP) is 13.0. The van der Waals surface area contributed by atoms with E-state index in [1.165, 1.54) is 0 Å². The van der Waals surface area contributed by atoms with Crippen LogP contribution in [0.2, 0.25) is 0 Å². The van der Waals surface area contributed by atoms with Gasteiger partial charge in [-0.1, -0.05) is 152 Å². The summed E-state index contributed by atoms with van der Waals surface area (Å²) in [6.07, 6.45) is 0. The Morgan fingerprint density at radius 1 is 0.340 bits per heavy atom. The Kier molecular flexibility index (Phi) is 7.33. The standard InChI is InChI=1S/C49H30FN3/c50-43-28-27-39(35-17-7-9-19-37(35)43)48-42-29-41(36-18-8-10-20-38(36)47(42)40-21-11-12-22-44(40)51-48)31-23-25-34(26-24-31)49-52-45(32-13-3-1-4-14-32)30-46(53-49)33-15-5-2-6-16-33/h1-30H. The van der Waals surface area contributed by atoms with E-state index in [0.717, 1.165) is 88.3 Å². The minimum Gasteiger partial charge on any atom is -0.247 e. The van der Waals surface area contributed by atoms with Crippen molar-refractivity contribution in [2.24, 2.45) is 0 Å². The van der Waals surface area contributed by atoms with Gasteiger partial charge in [0.15, 0.2) is 5.82 Å². The Morgan fingerprint density at radius 2 is 0.868 bits per heavy atom. The molecule has 0 fully saturated rings. The van der Waals surface area contributed by atoms with Gasteiger partial charge in [0.25, 0.3) is 0 Å². The first-order valence-corrected chi connectivity index (χ1v) is 17.7. The van der Waals surface area contributed by atoms with Crippen molar-refractivity contribution in [1.29, 1.82) is 0 Å². The molecule has 10 aromatic rings. The van der Waals surface area contributed by atoms with Gasteiger partial charge in [-0.15, -0.1) is 0 Å². The van der Waals surface area contributed by atoms with Crippen LogP contribution in [0.4, 0.5) is 4.39 Å². The summed E-state index contributed by atoms with van der Waals surface area (Å²) < 4.78 is 15.1. The van der Waals surface area contributed by atoms with Crippen LogP contribution < -0.4 is 0 Å². The minimum atomic E-state index is -0.241. The van der Waals surface area contributed by atoms with Crippen molar-refractivity contribution in [3.05, 3.63) is 188 Å². The monoisotopic (exact) mass is 679 g/mol. The SMILES string of the molecule is Fc1ccc(-c2nc3ccccc3c3c2cc(-c2ccc(-c4nc(-c5ccccc5)cc(-c5ccccc5)n4)cc2)c2ccccc23)c2ccccc12. The van der Waals surface area contributed by atoms with Crippen molar-refractivity contribution in [3.63, 3.8) is 0 Å². The number of nitrogens with zero attached hydrogens (tertiary/aromatic N) is 3. The molecule has 8 aromatic carbocycles. The van der Waals surface area contributed by atoms with Gasteiger partial charge in [0.05, 0.1) is 22.6 Å². The van der Waals surface area contributed by atoms with E-state index in [4.69, 9.17) is 15.0 Å². The molecule has 0 radical (unpaired) electrons. The first kappa shape index (κ1) is 30.8. The van der Waals surface area contributed by atoms with Crippen molar-refractivity contribution in [1.82, 2.24) is 15.0 Å². The third kappa shape index (κ3) is 5.31. The summed E-state index contributed by atoms with van der Waals surface area (Å²) in [5.41, 5.74) is 9.55. The van der Waals surface area contributed by atoms with Crippen molar-refractivity contribution in [2.75, 3.05) is 0 Å². The maximum atomic E-state index is 15.1. The van der Waals surface area contributed by atoms with Gasteiger partial charge in [0, 0.05) is 43.8 Å². The molecule has 0 saturated carbocycles. The topological polar surface area (TPSA) is 38.7 Å². The van der Waals surface area contributed by atoms with Gasteiger partial charge >= 0.3 is 0 Å². The molecular weight excluding hydrogens is 650 g/mol. The predicted molar refractivity (Wildman–Crippen MR) is 217 cm³/mol. The van der Waals surface area contributed by atoms with Crippen molar-refractivity contribution < 1.29 is 4.39 Å². The molecular formula is C49H30FN3. The molecule has 3 nitrogen and oxygen atoms in total. The molecule has 2 aromatic heterocycles. The maximum Gasteiger partial charge on any atom is 0.160 e. The van der Waals surface area contributed by atoms with Gasteiger partial charge in [-0.05, 0) is 57.6 Å². The highest BCUT2D eigenvalue weighted by Gasteiger charge is 2.19. The van der Waals surface area contributed by atoms with Crippen LogP contribution in [0.15, 0.2) is 182 Å². The zero-order chi connectivity index (χ0) is 35.3. The van der Waals surface area contributed by atoms with E-state index in [1.807, 2.05) is 72.8 Å². The van der Waals surface area contributed by atoms with Crippen LogP contribution >= 0.6 is 0 Å². The van der Waals surface area contributed by atoms with Crippen molar-refractivity contribution in [2.45, 2.75) is 0 Å². The maximum absolute atomic E-state index is 15.1. The van der Waals surface area contributed by atoms with Crippen LogP contribution in [0.5, 0.6) is 0 Å². The first-order chi connectivity index (χ1) is 26.2. The zero-order valence-corrected chi connectivity index (χ0v) is 28.5. The molecule has 2 heterocycles. The van der Waals surface area contributed by atoms with Crippen LogP contribution in [0, 0.1) is 5.82 Å². The summed E-state index contributed by atoms with van der Waals surface area (Å²) in [6.45, 7) is 0. The van der Waals surface area contributed by atoms with Crippen LogP contribution in [0.3, 0.4) is 0 Å². The molecule has 4 heteroatoms. The molecule has 10 rings (SSSR count). The van der Waals surface area contributed by atoms with Crippen LogP contribution in [-0.2, 0) is 0 Å². The second-order valence-corrected chi connectivity index (χ2v) is 13.3. The Hall–Kier alpha value is -7.04. The van der Waals surface area contributed by atoms with Crippen molar-refractivity contribution >= 4 is 43.2 Å². The van der Waals surface area contributed by atoms with E-state index < -0.39 is 0 Å². The molecule has 0 spiro atoms. The lowest BCUT2D eigenvalue weighted by Gasteiger charge is -2.17. The normalized spacial score (nSPS) is 11.5. The van der Waals surface area contributed by atoms with Gasteiger partial charge < -0.3 is 0 Å². The largest absolute Gasteiger partial charge is 0.247 e.